The summed E-state index contributed by atoms with van der Waals surface area (Å²) in [6, 6.07) is 9.80. The summed E-state index contributed by atoms with van der Waals surface area (Å²) in [6.45, 7) is 0. The van der Waals surface area contributed by atoms with Crippen LogP contribution in [-0.4, -0.2) is 27.4 Å². The zero-order valence-corrected chi connectivity index (χ0v) is 11.1. The lowest BCUT2D eigenvalue weighted by atomic mass is 10.1. The Balaban J connectivity index is 1.96. The summed E-state index contributed by atoms with van der Waals surface area (Å²) in [5, 5.41) is 8.19. The van der Waals surface area contributed by atoms with Crippen LogP contribution in [0.4, 0.5) is 0 Å². The van der Waals surface area contributed by atoms with Crippen LogP contribution in [0.25, 0.3) is 0 Å². The van der Waals surface area contributed by atoms with Crippen molar-refractivity contribution in [2.45, 2.75) is 12.5 Å². The molecule has 0 aliphatic heterocycles. The van der Waals surface area contributed by atoms with Gasteiger partial charge in [0.2, 0.25) is 0 Å². The standard InChI is InChI=1S/C12H12ClN3OS/c13-7-10(6-9-4-2-1-3-5-9)14-12(17)11-8-18-16-15-11/h1-5,8,10H,6-7H2,(H,14,17). The summed E-state index contributed by atoms with van der Waals surface area (Å²) in [5.41, 5.74) is 1.48. The van der Waals surface area contributed by atoms with Gasteiger partial charge in [-0.2, -0.15) is 0 Å². The molecule has 0 saturated carbocycles. The molecule has 6 heteroatoms. The molecule has 0 aliphatic carbocycles. The molecular weight excluding hydrogens is 270 g/mol. The summed E-state index contributed by atoms with van der Waals surface area (Å²) >= 11 is 7.03. The highest BCUT2D eigenvalue weighted by Crippen LogP contribution is 2.06. The van der Waals surface area contributed by atoms with Crippen LogP contribution in [0.15, 0.2) is 35.7 Å². The maximum absolute atomic E-state index is 11.8. The van der Waals surface area contributed by atoms with E-state index in [4.69, 9.17) is 11.6 Å². The third-order valence-electron chi connectivity index (χ3n) is 2.44. The fourth-order valence-corrected chi connectivity index (χ4v) is 2.19. The average molecular weight is 282 g/mol. The van der Waals surface area contributed by atoms with Gasteiger partial charge in [0.1, 0.15) is 0 Å². The SMILES string of the molecule is O=C(NC(CCl)Cc1ccccc1)c1csnn1. The zero-order chi connectivity index (χ0) is 12.8. The minimum Gasteiger partial charge on any atom is -0.346 e. The molecule has 1 aromatic carbocycles. The van der Waals surface area contributed by atoms with Crippen molar-refractivity contribution in [2.24, 2.45) is 0 Å². The Kier molecular flexibility index (Phi) is 4.66. The van der Waals surface area contributed by atoms with Crippen LogP contribution in [0.3, 0.4) is 0 Å². The number of hydrogen-bond acceptors (Lipinski definition) is 4. The molecule has 1 heterocycles. The first-order valence-electron chi connectivity index (χ1n) is 5.47. The number of alkyl halides is 1. The molecule has 0 aliphatic rings. The zero-order valence-electron chi connectivity index (χ0n) is 9.54. The Bertz CT molecular complexity index is 489. The molecule has 0 spiro atoms. The predicted molar refractivity (Wildman–Crippen MR) is 72.0 cm³/mol. The van der Waals surface area contributed by atoms with Gasteiger partial charge in [-0.3, -0.25) is 4.79 Å². The molecule has 1 N–H and O–H groups in total. The quantitative estimate of drug-likeness (QED) is 0.854. The second-order valence-corrected chi connectivity index (χ2v) is 4.72. The van der Waals surface area contributed by atoms with Crippen LogP contribution in [0.2, 0.25) is 0 Å². The first kappa shape index (κ1) is 13.0. The largest absolute Gasteiger partial charge is 0.346 e. The molecule has 2 aromatic rings. The highest BCUT2D eigenvalue weighted by Gasteiger charge is 2.15. The number of aromatic nitrogens is 2. The smallest absolute Gasteiger partial charge is 0.273 e. The molecule has 1 atom stereocenters. The van der Waals surface area contributed by atoms with Crippen LogP contribution in [0.5, 0.6) is 0 Å². The molecule has 1 amide bonds. The van der Waals surface area contributed by atoms with Crippen molar-refractivity contribution in [2.75, 3.05) is 5.88 Å². The van der Waals surface area contributed by atoms with E-state index in [2.05, 4.69) is 14.9 Å². The molecule has 0 radical (unpaired) electrons. The number of hydrogen-bond donors (Lipinski definition) is 1. The second-order valence-electron chi connectivity index (χ2n) is 3.80. The van der Waals surface area contributed by atoms with E-state index >= 15 is 0 Å². The Morgan fingerprint density at radius 3 is 2.78 bits per heavy atom. The highest BCUT2D eigenvalue weighted by molar-refractivity contribution is 7.03. The number of benzene rings is 1. The van der Waals surface area contributed by atoms with E-state index in [0.29, 0.717) is 18.0 Å². The summed E-state index contributed by atoms with van der Waals surface area (Å²) in [4.78, 5) is 11.8. The molecule has 94 valence electrons. The number of nitrogens with zero attached hydrogens (tertiary/aromatic N) is 2. The van der Waals surface area contributed by atoms with Gasteiger partial charge in [-0.25, -0.2) is 0 Å². The number of carbonyl (C=O) groups is 1. The van der Waals surface area contributed by atoms with Gasteiger partial charge in [0, 0.05) is 17.3 Å². The van der Waals surface area contributed by atoms with Crippen LogP contribution in [-0.2, 0) is 6.42 Å². The van der Waals surface area contributed by atoms with E-state index in [0.717, 1.165) is 17.1 Å². The van der Waals surface area contributed by atoms with Crippen LogP contribution in [0, 0.1) is 0 Å². The first-order chi connectivity index (χ1) is 8.79. The third kappa shape index (κ3) is 3.51. The highest BCUT2D eigenvalue weighted by atomic mass is 35.5. The summed E-state index contributed by atoms with van der Waals surface area (Å²) in [6.07, 6.45) is 0.702. The summed E-state index contributed by atoms with van der Waals surface area (Å²) in [5.74, 6) is 0.128. The normalized spacial score (nSPS) is 12.1. The van der Waals surface area contributed by atoms with Crippen molar-refractivity contribution in [3.63, 3.8) is 0 Å². The predicted octanol–water partition coefficient (Wildman–Crippen LogP) is 2.12. The summed E-state index contributed by atoms with van der Waals surface area (Å²) < 4.78 is 3.66. The first-order valence-corrected chi connectivity index (χ1v) is 6.84. The third-order valence-corrected chi connectivity index (χ3v) is 3.32. The lowest BCUT2D eigenvalue weighted by molar-refractivity contribution is 0.0935. The van der Waals surface area contributed by atoms with Crippen LogP contribution < -0.4 is 5.32 Å². The molecule has 4 nitrogen and oxygen atoms in total. The van der Waals surface area contributed by atoms with Gasteiger partial charge < -0.3 is 5.32 Å². The second kappa shape index (κ2) is 6.47. The number of halogens is 1. The minimum atomic E-state index is -0.231. The molecule has 18 heavy (non-hydrogen) atoms. The van der Waals surface area contributed by atoms with Gasteiger partial charge in [-0.1, -0.05) is 34.8 Å². The van der Waals surface area contributed by atoms with E-state index in [1.54, 1.807) is 5.38 Å². The van der Waals surface area contributed by atoms with Crippen molar-refractivity contribution in [3.05, 3.63) is 47.0 Å². The molecule has 2 rings (SSSR count). The maximum atomic E-state index is 11.8. The molecule has 0 saturated heterocycles. The fourth-order valence-electron chi connectivity index (χ4n) is 1.57. The van der Waals surface area contributed by atoms with E-state index in [9.17, 15) is 4.79 Å². The van der Waals surface area contributed by atoms with Crippen molar-refractivity contribution in [3.8, 4) is 0 Å². The molecule has 0 fully saturated rings. The van der Waals surface area contributed by atoms with Crippen LogP contribution in [0.1, 0.15) is 16.1 Å². The number of amides is 1. The van der Waals surface area contributed by atoms with Gasteiger partial charge >= 0.3 is 0 Å². The number of rotatable bonds is 5. The average Bonchev–Trinajstić information content (AvgIpc) is 2.93. The molecular formula is C12H12ClN3OS. The van der Waals surface area contributed by atoms with Gasteiger partial charge in [-0.15, -0.1) is 16.7 Å². The molecule has 1 unspecified atom stereocenters. The maximum Gasteiger partial charge on any atom is 0.273 e. The van der Waals surface area contributed by atoms with Gasteiger partial charge in [0.15, 0.2) is 5.69 Å². The Morgan fingerprint density at radius 2 is 2.17 bits per heavy atom. The Morgan fingerprint density at radius 1 is 1.39 bits per heavy atom. The van der Waals surface area contributed by atoms with Crippen molar-refractivity contribution >= 4 is 29.0 Å². The number of carbonyl (C=O) groups excluding carboxylic acids is 1. The molecule has 0 bridgehead atoms. The Labute approximate surface area is 114 Å². The van der Waals surface area contributed by atoms with E-state index in [1.165, 1.54) is 0 Å². The van der Waals surface area contributed by atoms with Crippen molar-refractivity contribution in [1.82, 2.24) is 14.9 Å². The van der Waals surface area contributed by atoms with Gasteiger partial charge in [0.05, 0.1) is 0 Å². The number of nitrogens with one attached hydrogen (secondary N) is 1. The van der Waals surface area contributed by atoms with E-state index in [-0.39, 0.29) is 11.9 Å². The molecule has 1 aromatic heterocycles. The van der Waals surface area contributed by atoms with E-state index in [1.807, 2.05) is 30.3 Å². The Hall–Kier alpha value is -1.46. The van der Waals surface area contributed by atoms with Crippen molar-refractivity contribution < 1.29 is 4.79 Å². The monoisotopic (exact) mass is 281 g/mol. The van der Waals surface area contributed by atoms with Gasteiger partial charge in [-0.05, 0) is 23.5 Å². The van der Waals surface area contributed by atoms with Gasteiger partial charge in [0.25, 0.3) is 5.91 Å². The lowest BCUT2D eigenvalue weighted by Gasteiger charge is -2.15. The minimum absolute atomic E-state index is 0.108. The fraction of sp³-hybridized carbons (Fsp3) is 0.250. The topological polar surface area (TPSA) is 54.9 Å². The van der Waals surface area contributed by atoms with Crippen molar-refractivity contribution in [1.29, 1.82) is 0 Å². The lowest BCUT2D eigenvalue weighted by Crippen LogP contribution is -2.38. The van der Waals surface area contributed by atoms with E-state index < -0.39 is 0 Å². The summed E-state index contributed by atoms with van der Waals surface area (Å²) in [7, 11) is 0. The van der Waals surface area contributed by atoms with Crippen LogP contribution >= 0.6 is 23.1 Å².